The van der Waals surface area contributed by atoms with Crippen molar-refractivity contribution in [3.8, 4) is 0 Å². The number of carbonyl (C=O) groups excluding carboxylic acids is 1. The van der Waals surface area contributed by atoms with E-state index in [1.165, 1.54) is 12.3 Å². The molecule has 0 amide bonds. The molecule has 16 heavy (non-hydrogen) atoms. The van der Waals surface area contributed by atoms with Crippen LogP contribution in [0.1, 0.15) is 29.6 Å². The van der Waals surface area contributed by atoms with Gasteiger partial charge < -0.3 is 5.32 Å². The molecule has 86 valence electrons. The molecule has 1 aromatic heterocycles. The van der Waals surface area contributed by atoms with Crippen LogP contribution in [0.3, 0.4) is 0 Å². The highest BCUT2D eigenvalue weighted by atomic mass is 19.1. The Kier molecular flexibility index (Phi) is 3.62. The van der Waals surface area contributed by atoms with E-state index in [0.717, 1.165) is 32.1 Å². The van der Waals surface area contributed by atoms with Crippen LogP contribution in [0.25, 0.3) is 0 Å². The Bertz CT molecular complexity index is 375. The lowest BCUT2D eigenvalue weighted by Gasteiger charge is -2.21. The highest BCUT2D eigenvalue weighted by molar-refractivity contribution is 5.95. The highest BCUT2D eigenvalue weighted by Gasteiger charge is 2.18. The first kappa shape index (κ1) is 11.2. The number of nitrogens with one attached hydrogen (secondary N) is 1. The first-order valence-corrected chi connectivity index (χ1v) is 5.60. The normalized spacial score (nSPS) is 20.7. The van der Waals surface area contributed by atoms with Crippen molar-refractivity contribution >= 4 is 5.78 Å². The van der Waals surface area contributed by atoms with Crippen LogP contribution in [0.15, 0.2) is 18.5 Å². The summed E-state index contributed by atoms with van der Waals surface area (Å²) in [5.41, 5.74) is 0.380. The smallest absolute Gasteiger partial charge is 0.164 e. The second-order valence-electron chi connectivity index (χ2n) is 4.23. The summed E-state index contributed by atoms with van der Waals surface area (Å²) in [6, 6.07) is 1.26. The fourth-order valence-corrected chi connectivity index (χ4v) is 2.04. The predicted molar refractivity (Wildman–Crippen MR) is 58.7 cm³/mol. The van der Waals surface area contributed by atoms with Gasteiger partial charge in [0, 0.05) is 18.2 Å². The topological polar surface area (TPSA) is 42.0 Å². The lowest BCUT2D eigenvalue weighted by molar-refractivity contribution is 0.0953. The van der Waals surface area contributed by atoms with Gasteiger partial charge in [0.05, 0.1) is 6.20 Å². The number of hydrogen-bond acceptors (Lipinski definition) is 3. The van der Waals surface area contributed by atoms with Crippen LogP contribution in [-0.4, -0.2) is 23.9 Å². The quantitative estimate of drug-likeness (QED) is 0.793. The largest absolute Gasteiger partial charge is 0.316 e. The molecule has 1 unspecified atom stereocenters. The van der Waals surface area contributed by atoms with Crippen molar-refractivity contribution in [3.63, 3.8) is 0 Å². The van der Waals surface area contributed by atoms with Gasteiger partial charge in [0.25, 0.3) is 0 Å². The van der Waals surface area contributed by atoms with Gasteiger partial charge in [-0.2, -0.15) is 0 Å². The van der Waals surface area contributed by atoms with Gasteiger partial charge in [-0.1, -0.05) is 0 Å². The summed E-state index contributed by atoms with van der Waals surface area (Å²) in [6.07, 6.45) is 5.21. The molecule has 1 atom stereocenters. The fourth-order valence-electron chi connectivity index (χ4n) is 2.04. The van der Waals surface area contributed by atoms with Crippen molar-refractivity contribution < 1.29 is 9.18 Å². The van der Waals surface area contributed by atoms with E-state index in [9.17, 15) is 9.18 Å². The lowest BCUT2D eigenvalue weighted by atomic mass is 9.92. The molecule has 4 heteroatoms. The number of ketones is 1. The summed E-state index contributed by atoms with van der Waals surface area (Å²) >= 11 is 0. The van der Waals surface area contributed by atoms with Crippen molar-refractivity contribution in [1.29, 1.82) is 0 Å². The molecule has 1 N–H and O–H groups in total. The van der Waals surface area contributed by atoms with E-state index >= 15 is 0 Å². The molecule has 1 fully saturated rings. The number of nitrogens with zero attached hydrogens (tertiary/aromatic N) is 1. The molecule has 1 aliphatic rings. The van der Waals surface area contributed by atoms with Gasteiger partial charge in [-0.3, -0.25) is 9.78 Å². The van der Waals surface area contributed by atoms with Crippen LogP contribution in [0.5, 0.6) is 0 Å². The second kappa shape index (κ2) is 5.16. The van der Waals surface area contributed by atoms with E-state index in [1.54, 1.807) is 0 Å². The molecule has 2 heterocycles. The number of halogens is 1. The second-order valence-corrected chi connectivity index (χ2v) is 4.23. The zero-order valence-electron chi connectivity index (χ0n) is 9.08. The van der Waals surface area contributed by atoms with Gasteiger partial charge in [-0.25, -0.2) is 4.39 Å². The Morgan fingerprint density at radius 3 is 3.12 bits per heavy atom. The van der Waals surface area contributed by atoms with Crippen molar-refractivity contribution in [2.75, 3.05) is 13.1 Å². The minimum Gasteiger partial charge on any atom is -0.316 e. The van der Waals surface area contributed by atoms with Gasteiger partial charge >= 0.3 is 0 Å². The molecular weight excluding hydrogens is 207 g/mol. The van der Waals surface area contributed by atoms with Gasteiger partial charge in [0.2, 0.25) is 0 Å². The summed E-state index contributed by atoms with van der Waals surface area (Å²) in [4.78, 5) is 15.5. The zero-order chi connectivity index (χ0) is 11.4. The molecular formula is C12H15FN2O. The Labute approximate surface area is 94.1 Å². The molecule has 3 nitrogen and oxygen atoms in total. The van der Waals surface area contributed by atoms with Crippen LogP contribution in [0, 0.1) is 11.7 Å². The minimum absolute atomic E-state index is 0.0132. The Morgan fingerprint density at radius 1 is 1.56 bits per heavy atom. The van der Waals surface area contributed by atoms with E-state index in [2.05, 4.69) is 10.3 Å². The van der Waals surface area contributed by atoms with E-state index < -0.39 is 5.82 Å². The summed E-state index contributed by atoms with van der Waals surface area (Å²) in [5.74, 6) is -0.0853. The maximum atomic E-state index is 12.9. The summed E-state index contributed by atoms with van der Waals surface area (Å²) in [7, 11) is 0. The predicted octanol–water partition coefficient (Wildman–Crippen LogP) is 1.79. The highest BCUT2D eigenvalue weighted by Crippen LogP contribution is 2.17. The van der Waals surface area contributed by atoms with Crippen LogP contribution < -0.4 is 5.32 Å². The van der Waals surface area contributed by atoms with Crippen LogP contribution in [0.2, 0.25) is 0 Å². The van der Waals surface area contributed by atoms with E-state index in [-0.39, 0.29) is 5.78 Å². The van der Waals surface area contributed by atoms with Crippen molar-refractivity contribution in [3.05, 3.63) is 29.8 Å². The molecule has 0 bridgehead atoms. The molecule has 1 saturated heterocycles. The van der Waals surface area contributed by atoms with Gasteiger partial charge in [0.15, 0.2) is 5.78 Å². The maximum absolute atomic E-state index is 12.9. The average Bonchev–Trinajstić information content (AvgIpc) is 2.30. The molecule has 0 spiro atoms. The third-order valence-corrected chi connectivity index (χ3v) is 2.90. The van der Waals surface area contributed by atoms with Crippen LogP contribution in [0.4, 0.5) is 4.39 Å². The Hall–Kier alpha value is -1.29. The number of Topliss-reactive ketones (excluding diaryl/α,β-unsaturated/α-hetero) is 1. The average molecular weight is 222 g/mol. The van der Waals surface area contributed by atoms with Gasteiger partial charge in [-0.15, -0.1) is 0 Å². The van der Waals surface area contributed by atoms with Crippen molar-refractivity contribution in [2.24, 2.45) is 5.92 Å². The maximum Gasteiger partial charge on any atom is 0.164 e. The SMILES string of the molecule is O=C(CC1CCCNC1)c1cncc(F)c1. The van der Waals surface area contributed by atoms with Crippen molar-refractivity contribution in [1.82, 2.24) is 10.3 Å². The van der Waals surface area contributed by atoms with E-state index in [1.807, 2.05) is 0 Å². The Morgan fingerprint density at radius 2 is 2.44 bits per heavy atom. The molecule has 0 saturated carbocycles. The fraction of sp³-hybridized carbons (Fsp3) is 0.500. The summed E-state index contributed by atoms with van der Waals surface area (Å²) in [5, 5.41) is 3.26. The molecule has 0 aliphatic carbocycles. The number of hydrogen-bond donors (Lipinski definition) is 1. The first-order chi connectivity index (χ1) is 7.75. The molecule has 0 radical (unpaired) electrons. The number of rotatable bonds is 3. The standard InChI is InChI=1S/C12H15FN2O/c13-11-5-10(7-15-8-11)12(16)4-9-2-1-3-14-6-9/h5,7-9,14H,1-4,6H2. The third-order valence-electron chi connectivity index (χ3n) is 2.90. The van der Waals surface area contributed by atoms with Gasteiger partial charge in [-0.05, 0) is 37.9 Å². The molecule has 1 aliphatic heterocycles. The Balaban J connectivity index is 1.97. The molecule has 0 aromatic carbocycles. The zero-order valence-corrected chi connectivity index (χ0v) is 9.08. The minimum atomic E-state index is -0.451. The monoisotopic (exact) mass is 222 g/mol. The van der Waals surface area contributed by atoms with E-state index in [0.29, 0.717) is 17.9 Å². The van der Waals surface area contributed by atoms with Crippen LogP contribution >= 0.6 is 0 Å². The summed E-state index contributed by atoms with van der Waals surface area (Å²) in [6.45, 7) is 1.92. The summed E-state index contributed by atoms with van der Waals surface area (Å²) < 4.78 is 12.9. The van der Waals surface area contributed by atoms with Crippen LogP contribution in [-0.2, 0) is 0 Å². The van der Waals surface area contributed by atoms with Crippen molar-refractivity contribution in [2.45, 2.75) is 19.3 Å². The first-order valence-electron chi connectivity index (χ1n) is 5.60. The number of carbonyl (C=O) groups is 1. The molecule has 1 aromatic rings. The van der Waals surface area contributed by atoms with E-state index in [4.69, 9.17) is 0 Å². The molecule has 2 rings (SSSR count). The lowest BCUT2D eigenvalue weighted by Crippen LogP contribution is -2.31. The number of aromatic nitrogens is 1. The van der Waals surface area contributed by atoms with Gasteiger partial charge in [0.1, 0.15) is 5.82 Å². The third kappa shape index (κ3) is 2.85. The number of piperidine rings is 1. The number of pyridine rings is 1.